The minimum Gasteiger partial charge on any atom is -0.314 e. The lowest BCUT2D eigenvalue weighted by atomic mass is 9.77. The van der Waals surface area contributed by atoms with Crippen molar-refractivity contribution in [1.82, 2.24) is 0 Å². The first-order valence-electron chi connectivity index (χ1n) is 8.46. The van der Waals surface area contributed by atoms with Gasteiger partial charge in [0.15, 0.2) is 0 Å². The summed E-state index contributed by atoms with van der Waals surface area (Å²) in [5.41, 5.74) is 1.48. The minimum atomic E-state index is -3.12. The van der Waals surface area contributed by atoms with E-state index in [1.807, 2.05) is 60.7 Å². The summed E-state index contributed by atoms with van der Waals surface area (Å²) in [4.78, 5) is 0. The van der Waals surface area contributed by atoms with E-state index in [1.54, 1.807) is 0 Å². The van der Waals surface area contributed by atoms with Crippen LogP contribution in [0.4, 0.5) is 0 Å². The lowest BCUT2D eigenvalue weighted by Gasteiger charge is -2.35. The first kappa shape index (κ1) is 17.2. The van der Waals surface area contributed by atoms with Gasteiger partial charge in [0.1, 0.15) is 0 Å². The summed E-state index contributed by atoms with van der Waals surface area (Å²) in [7, 11) is -3.12. The molecule has 0 aromatic heterocycles. The van der Waals surface area contributed by atoms with Crippen LogP contribution in [0.5, 0.6) is 0 Å². The second-order valence-corrected chi connectivity index (χ2v) is 9.77. The number of benzene rings is 2. The standard InChI is InChI=1S/C21H25O2P/c1-17-14-18(16-21(2,3)15-17)23-24(22,19-10-6-4-7-11-19)20-12-8-5-9-13-20/h4-14,18H,15-16H2,1-3H3. The summed E-state index contributed by atoms with van der Waals surface area (Å²) in [5, 5.41) is 1.51. The zero-order valence-electron chi connectivity index (χ0n) is 14.6. The predicted octanol–water partition coefficient (Wildman–Crippen LogP) is 5.07. The average molecular weight is 340 g/mol. The van der Waals surface area contributed by atoms with Gasteiger partial charge in [-0.3, -0.25) is 4.57 Å². The van der Waals surface area contributed by atoms with Gasteiger partial charge in [-0.2, -0.15) is 0 Å². The molecule has 2 aromatic carbocycles. The highest BCUT2D eigenvalue weighted by Crippen LogP contribution is 2.49. The van der Waals surface area contributed by atoms with Crippen molar-refractivity contribution in [2.75, 3.05) is 0 Å². The third-order valence-corrected chi connectivity index (χ3v) is 6.98. The summed E-state index contributed by atoms with van der Waals surface area (Å²) in [5.74, 6) is 0. The van der Waals surface area contributed by atoms with E-state index in [-0.39, 0.29) is 11.5 Å². The van der Waals surface area contributed by atoms with Crippen molar-refractivity contribution >= 4 is 18.0 Å². The van der Waals surface area contributed by atoms with Crippen LogP contribution in [0.3, 0.4) is 0 Å². The lowest BCUT2D eigenvalue weighted by molar-refractivity contribution is 0.165. The van der Waals surface area contributed by atoms with Crippen LogP contribution in [0, 0.1) is 5.41 Å². The molecule has 126 valence electrons. The maximum absolute atomic E-state index is 14.0. The SMILES string of the molecule is CC1=CC(OP(=O)(c2ccccc2)c2ccccc2)CC(C)(C)C1. The fourth-order valence-electron chi connectivity index (χ4n) is 3.58. The highest BCUT2D eigenvalue weighted by Gasteiger charge is 2.35. The van der Waals surface area contributed by atoms with Crippen molar-refractivity contribution in [3.05, 3.63) is 72.3 Å². The molecule has 3 rings (SSSR count). The molecule has 0 N–H and O–H groups in total. The molecular weight excluding hydrogens is 315 g/mol. The largest absolute Gasteiger partial charge is 0.314 e. The van der Waals surface area contributed by atoms with E-state index < -0.39 is 7.37 Å². The molecule has 0 radical (unpaired) electrons. The number of rotatable bonds is 4. The molecule has 1 aliphatic rings. The molecule has 2 aromatic rings. The van der Waals surface area contributed by atoms with Gasteiger partial charge in [0.2, 0.25) is 0 Å². The summed E-state index contributed by atoms with van der Waals surface area (Å²) < 4.78 is 20.3. The van der Waals surface area contributed by atoms with Gasteiger partial charge in [-0.25, -0.2) is 0 Å². The van der Waals surface area contributed by atoms with Gasteiger partial charge in [0, 0.05) is 10.6 Å². The smallest absolute Gasteiger partial charge is 0.261 e. The number of allylic oxidation sites excluding steroid dienone is 1. The summed E-state index contributed by atoms with van der Waals surface area (Å²) >= 11 is 0. The molecule has 0 amide bonds. The normalized spacial score (nSPS) is 20.5. The van der Waals surface area contributed by atoms with Gasteiger partial charge in [-0.1, -0.05) is 61.9 Å². The molecule has 0 bridgehead atoms. The van der Waals surface area contributed by atoms with Crippen LogP contribution in [0.15, 0.2) is 72.3 Å². The Morgan fingerprint density at radius 3 is 1.92 bits per heavy atom. The van der Waals surface area contributed by atoms with Gasteiger partial charge in [-0.15, -0.1) is 0 Å². The van der Waals surface area contributed by atoms with E-state index in [4.69, 9.17) is 4.52 Å². The van der Waals surface area contributed by atoms with Crippen molar-refractivity contribution in [3.63, 3.8) is 0 Å². The van der Waals surface area contributed by atoms with Crippen molar-refractivity contribution in [1.29, 1.82) is 0 Å². The van der Waals surface area contributed by atoms with Gasteiger partial charge < -0.3 is 4.52 Å². The second-order valence-electron chi connectivity index (χ2n) is 7.42. The molecule has 3 heteroatoms. The Kier molecular flexibility index (Phi) is 4.80. The molecule has 0 fully saturated rings. The molecule has 0 spiro atoms. The molecule has 0 heterocycles. The Morgan fingerprint density at radius 1 is 0.958 bits per heavy atom. The Hall–Kier alpha value is -1.63. The Morgan fingerprint density at radius 2 is 1.46 bits per heavy atom. The van der Waals surface area contributed by atoms with Crippen LogP contribution in [-0.2, 0) is 9.09 Å². The second kappa shape index (κ2) is 6.70. The van der Waals surface area contributed by atoms with E-state index in [1.165, 1.54) is 5.57 Å². The predicted molar refractivity (Wildman–Crippen MR) is 101 cm³/mol. The molecule has 1 unspecified atom stereocenters. The quantitative estimate of drug-likeness (QED) is 0.574. The molecule has 0 aliphatic heterocycles. The van der Waals surface area contributed by atoms with Crippen LogP contribution < -0.4 is 10.6 Å². The molecule has 1 aliphatic carbocycles. The first-order chi connectivity index (χ1) is 11.4. The van der Waals surface area contributed by atoms with Gasteiger partial charge in [0.25, 0.3) is 7.37 Å². The van der Waals surface area contributed by atoms with Gasteiger partial charge >= 0.3 is 0 Å². The lowest BCUT2D eigenvalue weighted by Crippen LogP contribution is -2.29. The van der Waals surface area contributed by atoms with Crippen LogP contribution in [0.1, 0.15) is 33.6 Å². The van der Waals surface area contributed by atoms with E-state index >= 15 is 0 Å². The summed E-state index contributed by atoms with van der Waals surface area (Å²) in [6.07, 6.45) is 3.96. The molecule has 0 saturated heterocycles. The molecule has 24 heavy (non-hydrogen) atoms. The van der Waals surface area contributed by atoms with Crippen molar-refractivity contribution in [2.45, 2.75) is 39.7 Å². The van der Waals surface area contributed by atoms with Crippen molar-refractivity contribution < 1.29 is 9.09 Å². The highest BCUT2D eigenvalue weighted by atomic mass is 31.2. The third kappa shape index (κ3) is 3.71. The Bertz CT molecular complexity index is 719. The molecular formula is C21H25O2P. The van der Waals surface area contributed by atoms with Crippen molar-refractivity contribution in [3.8, 4) is 0 Å². The monoisotopic (exact) mass is 340 g/mol. The van der Waals surface area contributed by atoms with Crippen LogP contribution in [0.25, 0.3) is 0 Å². The number of hydrogen-bond acceptors (Lipinski definition) is 2. The maximum Gasteiger partial charge on any atom is 0.261 e. The highest BCUT2D eigenvalue weighted by molar-refractivity contribution is 7.74. The molecule has 1 atom stereocenters. The maximum atomic E-state index is 14.0. The van der Waals surface area contributed by atoms with E-state index in [9.17, 15) is 4.57 Å². The third-order valence-electron chi connectivity index (χ3n) is 4.46. The van der Waals surface area contributed by atoms with Crippen LogP contribution in [0.2, 0.25) is 0 Å². The molecule has 2 nitrogen and oxygen atoms in total. The topological polar surface area (TPSA) is 26.3 Å². The van der Waals surface area contributed by atoms with E-state index in [2.05, 4.69) is 26.8 Å². The zero-order chi connectivity index (χ0) is 17.2. The fraction of sp³-hybridized carbons (Fsp3) is 0.333. The first-order valence-corrected chi connectivity index (χ1v) is 10.1. The van der Waals surface area contributed by atoms with E-state index in [0.717, 1.165) is 23.5 Å². The fourth-order valence-corrected chi connectivity index (χ4v) is 5.77. The summed E-state index contributed by atoms with van der Waals surface area (Å²) in [6, 6.07) is 19.1. The number of hydrogen-bond donors (Lipinski definition) is 0. The van der Waals surface area contributed by atoms with Crippen molar-refractivity contribution in [2.24, 2.45) is 5.41 Å². The summed E-state index contributed by atoms with van der Waals surface area (Å²) in [6.45, 7) is 6.62. The zero-order valence-corrected chi connectivity index (χ0v) is 15.5. The Balaban J connectivity index is 2.01. The van der Waals surface area contributed by atoms with Crippen LogP contribution >= 0.6 is 7.37 Å². The van der Waals surface area contributed by atoms with Crippen LogP contribution in [-0.4, -0.2) is 6.10 Å². The minimum absolute atomic E-state index is 0.125. The van der Waals surface area contributed by atoms with Gasteiger partial charge in [0.05, 0.1) is 6.10 Å². The van der Waals surface area contributed by atoms with E-state index in [0.29, 0.717) is 0 Å². The average Bonchev–Trinajstić information content (AvgIpc) is 2.54. The Labute approximate surface area is 145 Å². The molecule has 0 saturated carbocycles. The van der Waals surface area contributed by atoms with Gasteiger partial charge in [-0.05, 0) is 49.4 Å².